The number of fused-ring (bicyclic) bond motifs is 3. The topological polar surface area (TPSA) is 4.93 Å². The monoisotopic (exact) mass is 709 g/mol. The summed E-state index contributed by atoms with van der Waals surface area (Å²) in [6.45, 7) is 4.41. The molecule has 0 radical (unpaired) electrons. The summed E-state index contributed by atoms with van der Waals surface area (Å²) in [5.74, 6) is 0.997. The van der Waals surface area contributed by atoms with Crippen LogP contribution in [0.2, 0.25) is 0 Å². The highest BCUT2D eigenvalue weighted by Gasteiger charge is 2.20. The standard InChI is InChI=1S/C54H47N/c1-38-17-18-39(2)51(35-38)46-26-22-41(23-27-46)36-47(45-31-29-43(30-32-45)42-11-5-3-6-12-42)28-21-40-19-24-44(25-20-40)48-33-34-54-52(37-48)50-15-9-10-16-53(50)55(54)49-13-7-4-8-14-49/h3-20,22,24-27,29-35,37,41,47H,21,23,28,36H2,1-2H3. The number of allylic oxidation sites excluding steroid dienone is 4. The number of benzene rings is 7. The number of rotatable bonds is 10. The fraction of sp³-hybridized carbons (Fsp3) is 0.148. The summed E-state index contributed by atoms with van der Waals surface area (Å²) in [7, 11) is 0. The Balaban J connectivity index is 0.948. The molecule has 0 N–H and O–H groups in total. The molecule has 1 nitrogen and oxygen atoms in total. The molecule has 0 aliphatic heterocycles. The van der Waals surface area contributed by atoms with E-state index in [4.69, 9.17) is 0 Å². The Morgan fingerprint density at radius 2 is 1.24 bits per heavy atom. The Morgan fingerprint density at radius 1 is 0.582 bits per heavy atom. The molecule has 0 fully saturated rings. The van der Waals surface area contributed by atoms with Crippen molar-refractivity contribution < 1.29 is 0 Å². The van der Waals surface area contributed by atoms with Gasteiger partial charge in [0.15, 0.2) is 0 Å². The minimum absolute atomic E-state index is 0.471. The zero-order valence-corrected chi connectivity index (χ0v) is 31.8. The summed E-state index contributed by atoms with van der Waals surface area (Å²) in [4.78, 5) is 0. The first kappa shape index (κ1) is 34.6. The molecular formula is C54H47N. The quantitative estimate of drug-likeness (QED) is 0.133. The molecule has 0 amide bonds. The lowest BCUT2D eigenvalue weighted by molar-refractivity contribution is 0.484. The summed E-state index contributed by atoms with van der Waals surface area (Å²) < 4.78 is 2.38. The molecule has 55 heavy (non-hydrogen) atoms. The molecule has 1 aliphatic rings. The van der Waals surface area contributed by atoms with Crippen LogP contribution in [0.4, 0.5) is 0 Å². The number of aromatic nitrogens is 1. The molecule has 268 valence electrons. The maximum Gasteiger partial charge on any atom is 0.0541 e. The second-order valence-corrected chi connectivity index (χ2v) is 15.4. The highest BCUT2D eigenvalue weighted by atomic mass is 15.0. The number of hydrogen-bond acceptors (Lipinski definition) is 0. The smallest absolute Gasteiger partial charge is 0.0541 e. The average Bonchev–Trinajstić information content (AvgIpc) is 3.58. The molecule has 1 heteroatoms. The van der Waals surface area contributed by atoms with Gasteiger partial charge in [0.25, 0.3) is 0 Å². The molecule has 1 aliphatic carbocycles. The second kappa shape index (κ2) is 15.3. The predicted octanol–water partition coefficient (Wildman–Crippen LogP) is 14.5. The van der Waals surface area contributed by atoms with Crippen LogP contribution in [0.1, 0.15) is 53.0 Å². The second-order valence-electron chi connectivity index (χ2n) is 15.4. The van der Waals surface area contributed by atoms with Crippen molar-refractivity contribution in [3.63, 3.8) is 0 Å². The summed E-state index contributed by atoms with van der Waals surface area (Å²) in [5, 5.41) is 2.57. The van der Waals surface area contributed by atoms with E-state index in [0.717, 1.165) is 25.7 Å². The van der Waals surface area contributed by atoms with Crippen molar-refractivity contribution in [2.75, 3.05) is 0 Å². The van der Waals surface area contributed by atoms with Crippen molar-refractivity contribution in [3.05, 3.63) is 216 Å². The Kier molecular flexibility index (Phi) is 9.61. The minimum Gasteiger partial charge on any atom is -0.309 e. The lowest BCUT2D eigenvalue weighted by Gasteiger charge is -2.24. The van der Waals surface area contributed by atoms with E-state index in [1.54, 1.807) is 0 Å². The van der Waals surface area contributed by atoms with E-state index in [0.29, 0.717) is 11.8 Å². The molecule has 0 saturated heterocycles. The van der Waals surface area contributed by atoms with Gasteiger partial charge in [0, 0.05) is 16.5 Å². The molecule has 7 aromatic carbocycles. The van der Waals surface area contributed by atoms with Crippen LogP contribution in [0.15, 0.2) is 188 Å². The molecule has 9 rings (SSSR count). The van der Waals surface area contributed by atoms with Gasteiger partial charge in [0.2, 0.25) is 0 Å². The first-order valence-electron chi connectivity index (χ1n) is 19.9. The summed E-state index contributed by atoms with van der Waals surface area (Å²) in [6, 6.07) is 62.6. The van der Waals surface area contributed by atoms with Crippen molar-refractivity contribution in [3.8, 4) is 27.9 Å². The van der Waals surface area contributed by atoms with E-state index in [9.17, 15) is 0 Å². The molecule has 0 bridgehead atoms. The van der Waals surface area contributed by atoms with Crippen molar-refractivity contribution in [1.82, 2.24) is 4.57 Å². The van der Waals surface area contributed by atoms with Gasteiger partial charge in [-0.15, -0.1) is 0 Å². The van der Waals surface area contributed by atoms with Gasteiger partial charge in [-0.25, -0.2) is 0 Å². The number of aryl methyl sites for hydroxylation is 3. The Hall–Kier alpha value is -6.18. The molecule has 8 aromatic rings. The lowest BCUT2D eigenvalue weighted by Crippen LogP contribution is -2.09. The fourth-order valence-electron chi connectivity index (χ4n) is 8.66. The SMILES string of the molecule is Cc1ccc(C)c(C2=CCC(CC(CCc3ccc(-c4ccc5c(c4)c4ccccc4n5-c4ccccc4)cc3)c3ccc(-c4ccccc4)cc3)C=C2)c1. The zero-order valence-electron chi connectivity index (χ0n) is 31.8. The van der Waals surface area contributed by atoms with Crippen LogP contribution in [-0.2, 0) is 6.42 Å². The number of hydrogen-bond donors (Lipinski definition) is 0. The summed E-state index contributed by atoms with van der Waals surface area (Å²) in [5.41, 5.74) is 17.0. The first-order valence-corrected chi connectivity index (χ1v) is 19.9. The molecule has 0 spiro atoms. The van der Waals surface area contributed by atoms with Crippen LogP contribution >= 0.6 is 0 Å². The van der Waals surface area contributed by atoms with E-state index in [2.05, 4.69) is 207 Å². The van der Waals surface area contributed by atoms with Gasteiger partial charge >= 0.3 is 0 Å². The first-order chi connectivity index (χ1) is 27.1. The Bertz CT molecular complexity index is 2640. The Morgan fingerprint density at radius 3 is 2.00 bits per heavy atom. The third-order valence-electron chi connectivity index (χ3n) is 11.7. The van der Waals surface area contributed by atoms with Crippen molar-refractivity contribution >= 4 is 27.4 Å². The molecule has 2 unspecified atom stereocenters. The predicted molar refractivity (Wildman–Crippen MR) is 235 cm³/mol. The van der Waals surface area contributed by atoms with Crippen LogP contribution in [0.3, 0.4) is 0 Å². The third kappa shape index (κ3) is 7.23. The largest absolute Gasteiger partial charge is 0.309 e. The van der Waals surface area contributed by atoms with Crippen molar-refractivity contribution in [1.29, 1.82) is 0 Å². The average molecular weight is 710 g/mol. The van der Waals surface area contributed by atoms with E-state index < -0.39 is 0 Å². The normalized spacial score (nSPS) is 14.7. The van der Waals surface area contributed by atoms with Crippen LogP contribution in [0.5, 0.6) is 0 Å². The molecule has 0 saturated carbocycles. The van der Waals surface area contributed by atoms with Crippen LogP contribution in [0, 0.1) is 19.8 Å². The minimum atomic E-state index is 0.471. The van der Waals surface area contributed by atoms with E-state index in [1.165, 1.54) is 83.1 Å². The van der Waals surface area contributed by atoms with Gasteiger partial charge in [-0.05, 0) is 132 Å². The van der Waals surface area contributed by atoms with Crippen molar-refractivity contribution in [2.24, 2.45) is 5.92 Å². The van der Waals surface area contributed by atoms with Gasteiger partial charge in [0.1, 0.15) is 0 Å². The highest BCUT2D eigenvalue weighted by molar-refractivity contribution is 6.10. The van der Waals surface area contributed by atoms with Gasteiger partial charge < -0.3 is 4.57 Å². The number of nitrogens with zero attached hydrogens (tertiary/aromatic N) is 1. The van der Waals surface area contributed by atoms with Gasteiger partial charge in [0.05, 0.1) is 11.0 Å². The van der Waals surface area contributed by atoms with E-state index in [1.807, 2.05) is 0 Å². The molecule has 1 heterocycles. The van der Waals surface area contributed by atoms with Gasteiger partial charge in [-0.3, -0.25) is 0 Å². The lowest BCUT2D eigenvalue weighted by atomic mass is 9.80. The highest BCUT2D eigenvalue weighted by Crippen LogP contribution is 2.37. The van der Waals surface area contributed by atoms with Crippen molar-refractivity contribution in [2.45, 2.75) is 45.4 Å². The molecule has 1 aromatic heterocycles. The van der Waals surface area contributed by atoms with E-state index >= 15 is 0 Å². The maximum atomic E-state index is 2.48. The van der Waals surface area contributed by atoms with Crippen LogP contribution < -0.4 is 0 Å². The van der Waals surface area contributed by atoms with Crippen LogP contribution in [0.25, 0.3) is 55.3 Å². The van der Waals surface area contributed by atoms with E-state index in [-0.39, 0.29) is 0 Å². The fourth-order valence-corrected chi connectivity index (χ4v) is 8.66. The van der Waals surface area contributed by atoms with Crippen LogP contribution in [-0.4, -0.2) is 4.57 Å². The van der Waals surface area contributed by atoms with Gasteiger partial charge in [-0.2, -0.15) is 0 Å². The maximum absolute atomic E-state index is 2.48. The molecule has 2 atom stereocenters. The third-order valence-corrected chi connectivity index (χ3v) is 11.7. The summed E-state index contributed by atoms with van der Waals surface area (Å²) in [6.07, 6.45) is 11.7. The molecular weight excluding hydrogens is 663 g/mol. The Labute approximate surface area is 325 Å². The number of para-hydroxylation sites is 2. The summed E-state index contributed by atoms with van der Waals surface area (Å²) >= 11 is 0. The zero-order chi connectivity index (χ0) is 37.1. The van der Waals surface area contributed by atoms with Gasteiger partial charge in [-0.1, -0.05) is 163 Å².